The third kappa shape index (κ3) is 2.34. The number of anilines is 1. The summed E-state index contributed by atoms with van der Waals surface area (Å²) in [6.07, 6.45) is 2.48. The summed E-state index contributed by atoms with van der Waals surface area (Å²) in [4.78, 5) is 8.38. The Morgan fingerprint density at radius 1 is 1.33 bits per heavy atom. The monoisotopic (exact) mass is 249 g/mol. The Morgan fingerprint density at radius 3 is 2.72 bits per heavy atom. The van der Waals surface area contributed by atoms with E-state index in [1.807, 2.05) is 13.8 Å². The number of rotatable bonds is 4. The van der Waals surface area contributed by atoms with Gasteiger partial charge in [0, 0.05) is 6.54 Å². The number of nitrogens with one attached hydrogen (secondary N) is 1. The molecule has 4 nitrogen and oxygen atoms in total. The summed E-state index contributed by atoms with van der Waals surface area (Å²) < 4.78 is 19.1. The number of nitrogens with zero attached hydrogens (tertiary/aromatic N) is 2. The molecule has 2 rings (SSSR count). The van der Waals surface area contributed by atoms with Crippen molar-refractivity contribution in [1.82, 2.24) is 9.97 Å². The van der Waals surface area contributed by atoms with E-state index in [1.165, 1.54) is 0 Å². The number of hydrogen-bond acceptors (Lipinski definition) is 4. The van der Waals surface area contributed by atoms with E-state index in [1.54, 1.807) is 19.3 Å². The van der Waals surface area contributed by atoms with Crippen LogP contribution in [0.2, 0.25) is 0 Å². The van der Waals surface area contributed by atoms with E-state index in [0.717, 1.165) is 17.7 Å². The largest absolute Gasteiger partial charge is 0.469 e. The first-order valence-corrected chi connectivity index (χ1v) is 5.96. The van der Waals surface area contributed by atoms with Gasteiger partial charge in [-0.25, -0.2) is 14.4 Å². The van der Waals surface area contributed by atoms with Crippen LogP contribution >= 0.6 is 0 Å². The highest BCUT2D eigenvalue weighted by molar-refractivity contribution is 5.59. The maximum Gasteiger partial charge on any atom is 0.186 e. The fourth-order valence-electron chi connectivity index (χ4n) is 1.66. The molecule has 0 saturated heterocycles. The van der Waals surface area contributed by atoms with Crippen molar-refractivity contribution in [2.45, 2.75) is 27.2 Å². The average Bonchev–Trinajstić information content (AvgIpc) is 2.77. The number of aryl methyl sites for hydroxylation is 2. The zero-order valence-corrected chi connectivity index (χ0v) is 10.7. The van der Waals surface area contributed by atoms with Crippen LogP contribution in [0.1, 0.15) is 24.8 Å². The summed E-state index contributed by atoms with van der Waals surface area (Å²) in [5.74, 6) is 1.06. The molecular weight excluding hydrogens is 233 g/mol. The molecule has 0 spiro atoms. The molecule has 0 aliphatic carbocycles. The summed E-state index contributed by atoms with van der Waals surface area (Å²) in [6.45, 7) is 6.15. The van der Waals surface area contributed by atoms with Gasteiger partial charge in [0.05, 0.1) is 17.5 Å². The third-order valence-electron chi connectivity index (χ3n) is 2.66. The maximum atomic E-state index is 13.8. The standard InChI is InChI=1S/C13H16FN3O/c1-4-6-15-13-11(14)8(2)16-12(17-13)10-5-7-18-9(10)3/h5,7H,4,6H2,1-3H3,(H,15,16,17). The van der Waals surface area contributed by atoms with Gasteiger partial charge in [0.1, 0.15) is 5.76 Å². The molecule has 0 aromatic carbocycles. The second kappa shape index (κ2) is 5.16. The van der Waals surface area contributed by atoms with E-state index in [-0.39, 0.29) is 5.82 Å². The molecule has 0 amide bonds. The SMILES string of the molecule is CCCNc1nc(-c2ccoc2C)nc(C)c1F. The number of furan rings is 1. The summed E-state index contributed by atoms with van der Waals surface area (Å²) in [6, 6.07) is 1.78. The van der Waals surface area contributed by atoms with Gasteiger partial charge in [-0.1, -0.05) is 6.92 Å². The first-order valence-electron chi connectivity index (χ1n) is 5.96. The van der Waals surface area contributed by atoms with Crippen molar-refractivity contribution in [3.8, 4) is 11.4 Å². The van der Waals surface area contributed by atoms with Crippen LogP contribution in [0, 0.1) is 19.7 Å². The highest BCUT2D eigenvalue weighted by Crippen LogP contribution is 2.24. The second-order valence-corrected chi connectivity index (χ2v) is 4.11. The van der Waals surface area contributed by atoms with Gasteiger partial charge in [-0.3, -0.25) is 0 Å². The lowest BCUT2D eigenvalue weighted by molar-refractivity contribution is 0.535. The van der Waals surface area contributed by atoms with Gasteiger partial charge in [0.15, 0.2) is 17.5 Å². The quantitative estimate of drug-likeness (QED) is 0.903. The molecule has 0 bridgehead atoms. The minimum absolute atomic E-state index is 0.250. The molecule has 0 saturated carbocycles. The Kier molecular flexibility index (Phi) is 3.60. The summed E-state index contributed by atoms with van der Waals surface area (Å²) >= 11 is 0. The van der Waals surface area contributed by atoms with Crippen molar-refractivity contribution < 1.29 is 8.81 Å². The molecule has 0 radical (unpaired) electrons. The predicted octanol–water partition coefficient (Wildman–Crippen LogP) is 3.31. The number of hydrogen-bond donors (Lipinski definition) is 1. The summed E-state index contributed by atoms with van der Waals surface area (Å²) in [5, 5.41) is 2.97. The average molecular weight is 249 g/mol. The van der Waals surface area contributed by atoms with Gasteiger partial charge in [-0.15, -0.1) is 0 Å². The zero-order valence-electron chi connectivity index (χ0n) is 10.7. The van der Waals surface area contributed by atoms with Crippen LogP contribution in [0.15, 0.2) is 16.7 Å². The number of halogens is 1. The molecule has 96 valence electrons. The molecule has 0 fully saturated rings. The first kappa shape index (κ1) is 12.5. The highest BCUT2D eigenvalue weighted by atomic mass is 19.1. The Labute approximate surface area is 105 Å². The smallest absolute Gasteiger partial charge is 0.186 e. The molecule has 2 aromatic rings. The van der Waals surface area contributed by atoms with Crippen molar-refractivity contribution in [3.05, 3.63) is 29.6 Å². The Hall–Kier alpha value is -1.91. The van der Waals surface area contributed by atoms with Crippen LogP contribution in [0.4, 0.5) is 10.2 Å². The van der Waals surface area contributed by atoms with Gasteiger partial charge in [-0.2, -0.15) is 0 Å². The Morgan fingerprint density at radius 2 is 2.11 bits per heavy atom. The maximum absolute atomic E-state index is 13.8. The van der Waals surface area contributed by atoms with Gasteiger partial charge in [0.2, 0.25) is 0 Å². The van der Waals surface area contributed by atoms with Crippen molar-refractivity contribution in [2.24, 2.45) is 0 Å². The van der Waals surface area contributed by atoms with E-state index in [9.17, 15) is 4.39 Å². The van der Waals surface area contributed by atoms with Gasteiger partial charge >= 0.3 is 0 Å². The fraction of sp³-hybridized carbons (Fsp3) is 0.385. The Balaban J connectivity index is 2.44. The molecule has 0 unspecified atom stereocenters. The zero-order chi connectivity index (χ0) is 13.1. The van der Waals surface area contributed by atoms with Crippen LogP contribution in [0.25, 0.3) is 11.4 Å². The van der Waals surface area contributed by atoms with Crippen LogP contribution in [-0.2, 0) is 0 Å². The highest BCUT2D eigenvalue weighted by Gasteiger charge is 2.14. The number of aromatic nitrogens is 2. The normalized spacial score (nSPS) is 10.7. The van der Waals surface area contributed by atoms with Crippen molar-refractivity contribution >= 4 is 5.82 Å². The predicted molar refractivity (Wildman–Crippen MR) is 67.9 cm³/mol. The lowest BCUT2D eigenvalue weighted by atomic mass is 10.2. The second-order valence-electron chi connectivity index (χ2n) is 4.11. The molecular formula is C13H16FN3O. The van der Waals surface area contributed by atoms with E-state index in [2.05, 4.69) is 15.3 Å². The molecule has 2 aromatic heterocycles. The van der Waals surface area contributed by atoms with Crippen LogP contribution < -0.4 is 5.32 Å². The van der Waals surface area contributed by atoms with Crippen molar-refractivity contribution in [3.63, 3.8) is 0 Å². The minimum Gasteiger partial charge on any atom is -0.469 e. The van der Waals surface area contributed by atoms with Gasteiger partial charge < -0.3 is 9.73 Å². The van der Waals surface area contributed by atoms with Crippen LogP contribution in [0.5, 0.6) is 0 Å². The van der Waals surface area contributed by atoms with Crippen LogP contribution in [-0.4, -0.2) is 16.5 Å². The van der Waals surface area contributed by atoms with Gasteiger partial charge in [0.25, 0.3) is 0 Å². The lowest BCUT2D eigenvalue weighted by Crippen LogP contribution is -2.08. The van der Waals surface area contributed by atoms with E-state index >= 15 is 0 Å². The third-order valence-corrected chi connectivity index (χ3v) is 2.66. The molecule has 18 heavy (non-hydrogen) atoms. The topological polar surface area (TPSA) is 51.0 Å². The molecule has 2 heterocycles. The van der Waals surface area contributed by atoms with Crippen LogP contribution in [0.3, 0.4) is 0 Å². The lowest BCUT2D eigenvalue weighted by Gasteiger charge is -2.09. The first-order chi connectivity index (χ1) is 8.63. The van der Waals surface area contributed by atoms with E-state index in [4.69, 9.17) is 4.42 Å². The van der Waals surface area contributed by atoms with Crippen molar-refractivity contribution in [2.75, 3.05) is 11.9 Å². The molecule has 0 aliphatic heterocycles. The minimum atomic E-state index is -0.395. The summed E-state index contributed by atoms with van der Waals surface area (Å²) in [7, 11) is 0. The summed E-state index contributed by atoms with van der Waals surface area (Å²) in [5.41, 5.74) is 1.12. The molecule has 5 heteroatoms. The van der Waals surface area contributed by atoms with Crippen molar-refractivity contribution in [1.29, 1.82) is 0 Å². The molecule has 0 aliphatic rings. The van der Waals surface area contributed by atoms with Gasteiger partial charge in [-0.05, 0) is 26.3 Å². The Bertz CT molecular complexity index is 551. The molecule has 0 atom stereocenters. The fourth-order valence-corrected chi connectivity index (χ4v) is 1.66. The molecule has 1 N–H and O–H groups in total. The van der Waals surface area contributed by atoms with E-state index in [0.29, 0.717) is 18.1 Å². The van der Waals surface area contributed by atoms with E-state index < -0.39 is 5.82 Å².